The van der Waals surface area contributed by atoms with Crippen LogP contribution in [0.2, 0.25) is 0 Å². The van der Waals surface area contributed by atoms with E-state index in [4.69, 9.17) is 4.74 Å². The van der Waals surface area contributed by atoms with Gasteiger partial charge in [-0.25, -0.2) is 4.98 Å². The number of amides is 1. The molecular weight excluding hydrogens is 362 g/mol. The van der Waals surface area contributed by atoms with Gasteiger partial charge in [0.05, 0.1) is 5.69 Å². The third-order valence-corrected chi connectivity index (χ3v) is 4.93. The number of aromatic nitrogens is 2. The zero-order valence-electron chi connectivity index (χ0n) is 16.5. The largest absolute Gasteiger partial charge is 0.481 e. The molecule has 1 aromatic heterocycles. The SMILES string of the molecule is Cc1nccn1-c1ccccc1CNC(=O)C(C)Oc1ccc2ccccc2c1. The second kappa shape index (κ2) is 8.19. The van der Waals surface area contributed by atoms with Crippen molar-refractivity contribution in [3.8, 4) is 11.4 Å². The summed E-state index contributed by atoms with van der Waals surface area (Å²) >= 11 is 0. The van der Waals surface area contributed by atoms with Crippen molar-refractivity contribution in [1.82, 2.24) is 14.9 Å². The summed E-state index contributed by atoms with van der Waals surface area (Å²) < 4.78 is 7.88. The van der Waals surface area contributed by atoms with Gasteiger partial charge < -0.3 is 14.6 Å². The molecule has 0 fully saturated rings. The predicted octanol–water partition coefficient (Wildman–Crippen LogP) is 4.42. The summed E-state index contributed by atoms with van der Waals surface area (Å²) in [5, 5.41) is 5.21. The van der Waals surface area contributed by atoms with Gasteiger partial charge in [0.15, 0.2) is 6.10 Å². The fourth-order valence-electron chi connectivity index (χ4n) is 3.35. The highest BCUT2D eigenvalue weighted by atomic mass is 16.5. The lowest BCUT2D eigenvalue weighted by atomic mass is 10.1. The van der Waals surface area contributed by atoms with Gasteiger partial charge in [-0.1, -0.05) is 48.5 Å². The maximum Gasteiger partial charge on any atom is 0.261 e. The molecule has 1 unspecified atom stereocenters. The molecular formula is C24H23N3O2. The van der Waals surface area contributed by atoms with Crippen LogP contribution in [0.4, 0.5) is 0 Å². The van der Waals surface area contributed by atoms with Crippen LogP contribution < -0.4 is 10.1 Å². The number of para-hydroxylation sites is 1. The van der Waals surface area contributed by atoms with Crippen molar-refractivity contribution in [2.45, 2.75) is 26.5 Å². The van der Waals surface area contributed by atoms with E-state index in [-0.39, 0.29) is 5.91 Å². The lowest BCUT2D eigenvalue weighted by molar-refractivity contribution is -0.127. The Balaban J connectivity index is 1.42. The average molecular weight is 385 g/mol. The monoisotopic (exact) mass is 385 g/mol. The molecule has 0 saturated heterocycles. The molecule has 0 radical (unpaired) electrons. The molecule has 3 aromatic carbocycles. The zero-order chi connectivity index (χ0) is 20.2. The highest BCUT2D eigenvalue weighted by Gasteiger charge is 2.15. The van der Waals surface area contributed by atoms with E-state index in [2.05, 4.69) is 16.4 Å². The van der Waals surface area contributed by atoms with E-state index >= 15 is 0 Å². The van der Waals surface area contributed by atoms with Gasteiger partial charge >= 0.3 is 0 Å². The average Bonchev–Trinajstić information content (AvgIpc) is 3.17. The molecule has 4 aromatic rings. The van der Waals surface area contributed by atoms with E-state index in [0.29, 0.717) is 12.3 Å². The van der Waals surface area contributed by atoms with Crippen molar-refractivity contribution in [2.24, 2.45) is 0 Å². The fraction of sp³-hybridized carbons (Fsp3) is 0.167. The van der Waals surface area contributed by atoms with Gasteiger partial charge in [-0.3, -0.25) is 4.79 Å². The molecule has 146 valence electrons. The van der Waals surface area contributed by atoms with Crippen LogP contribution in [0, 0.1) is 6.92 Å². The van der Waals surface area contributed by atoms with Crippen molar-refractivity contribution in [2.75, 3.05) is 0 Å². The van der Waals surface area contributed by atoms with Gasteiger partial charge in [-0.2, -0.15) is 0 Å². The first kappa shape index (κ1) is 18.7. The molecule has 0 saturated carbocycles. The Morgan fingerprint density at radius 2 is 1.83 bits per heavy atom. The molecule has 5 nitrogen and oxygen atoms in total. The quantitative estimate of drug-likeness (QED) is 0.535. The number of hydrogen-bond donors (Lipinski definition) is 1. The third kappa shape index (κ3) is 4.14. The van der Waals surface area contributed by atoms with Crippen molar-refractivity contribution < 1.29 is 9.53 Å². The molecule has 0 spiro atoms. The molecule has 4 rings (SSSR count). The van der Waals surface area contributed by atoms with Crippen LogP contribution in [0.1, 0.15) is 18.3 Å². The van der Waals surface area contributed by atoms with E-state index in [1.807, 2.05) is 78.4 Å². The Kier molecular flexibility index (Phi) is 5.29. The van der Waals surface area contributed by atoms with Gasteiger partial charge in [-0.15, -0.1) is 0 Å². The number of fused-ring (bicyclic) bond motifs is 1. The van der Waals surface area contributed by atoms with E-state index in [1.54, 1.807) is 13.1 Å². The van der Waals surface area contributed by atoms with E-state index in [1.165, 1.54) is 0 Å². The third-order valence-electron chi connectivity index (χ3n) is 4.93. The van der Waals surface area contributed by atoms with E-state index in [0.717, 1.165) is 27.8 Å². The lowest BCUT2D eigenvalue weighted by Gasteiger charge is -2.17. The van der Waals surface area contributed by atoms with E-state index in [9.17, 15) is 4.79 Å². The Morgan fingerprint density at radius 1 is 1.07 bits per heavy atom. The Morgan fingerprint density at radius 3 is 2.62 bits per heavy atom. The normalized spacial score (nSPS) is 11.9. The lowest BCUT2D eigenvalue weighted by Crippen LogP contribution is -2.36. The second-order valence-electron chi connectivity index (χ2n) is 6.96. The number of aryl methyl sites for hydroxylation is 1. The first-order valence-electron chi connectivity index (χ1n) is 9.63. The van der Waals surface area contributed by atoms with Crippen LogP contribution >= 0.6 is 0 Å². The first-order chi connectivity index (χ1) is 14.1. The summed E-state index contributed by atoms with van der Waals surface area (Å²) in [4.78, 5) is 16.9. The molecule has 1 N–H and O–H groups in total. The van der Waals surface area contributed by atoms with Gasteiger partial charge in [0, 0.05) is 18.9 Å². The summed E-state index contributed by atoms with van der Waals surface area (Å²) in [6.45, 7) is 4.13. The number of nitrogens with one attached hydrogen (secondary N) is 1. The van der Waals surface area contributed by atoms with Crippen molar-refractivity contribution in [1.29, 1.82) is 0 Å². The molecule has 29 heavy (non-hydrogen) atoms. The number of benzene rings is 3. The smallest absolute Gasteiger partial charge is 0.261 e. The van der Waals surface area contributed by atoms with Gasteiger partial charge in [0.1, 0.15) is 11.6 Å². The minimum atomic E-state index is -0.599. The van der Waals surface area contributed by atoms with Crippen molar-refractivity contribution in [3.63, 3.8) is 0 Å². The highest BCUT2D eigenvalue weighted by molar-refractivity contribution is 5.84. The molecule has 1 amide bonds. The van der Waals surface area contributed by atoms with Crippen LogP contribution in [0.3, 0.4) is 0 Å². The Labute approximate surface area is 170 Å². The molecule has 0 aliphatic carbocycles. The Bertz CT molecular complexity index is 1150. The van der Waals surface area contributed by atoms with Crippen LogP contribution in [0.5, 0.6) is 5.75 Å². The molecule has 1 atom stereocenters. The van der Waals surface area contributed by atoms with Gasteiger partial charge in [0.25, 0.3) is 5.91 Å². The summed E-state index contributed by atoms with van der Waals surface area (Å²) in [6.07, 6.45) is 3.09. The maximum atomic E-state index is 12.6. The van der Waals surface area contributed by atoms with Crippen molar-refractivity contribution in [3.05, 3.63) is 90.5 Å². The molecule has 0 aliphatic heterocycles. The number of imidazole rings is 1. The van der Waals surface area contributed by atoms with Gasteiger partial charge in [-0.05, 0) is 48.4 Å². The number of hydrogen-bond acceptors (Lipinski definition) is 3. The zero-order valence-corrected chi connectivity index (χ0v) is 16.5. The summed E-state index contributed by atoms with van der Waals surface area (Å²) in [7, 11) is 0. The number of carbonyl (C=O) groups excluding carboxylic acids is 1. The number of ether oxygens (including phenoxy) is 1. The predicted molar refractivity (Wildman–Crippen MR) is 114 cm³/mol. The minimum absolute atomic E-state index is 0.157. The minimum Gasteiger partial charge on any atom is -0.481 e. The molecule has 5 heteroatoms. The summed E-state index contributed by atoms with van der Waals surface area (Å²) in [5.74, 6) is 1.42. The topological polar surface area (TPSA) is 56.2 Å². The summed E-state index contributed by atoms with van der Waals surface area (Å²) in [5.41, 5.74) is 2.02. The van der Waals surface area contributed by atoms with Crippen molar-refractivity contribution >= 4 is 16.7 Å². The van der Waals surface area contributed by atoms with Crippen LogP contribution in [0.25, 0.3) is 16.5 Å². The second-order valence-corrected chi connectivity index (χ2v) is 6.96. The first-order valence-corrected chi connectivity index (χ1v) is 9.63. The standard InChI is InChI=1S/C24H23N3O2/c1-17(29-22-12-11-19-7-3-4-8-20(19)15-22)24(28)26-16-21-9-5-6-10-23(21)27-14-13-25-18(27)2/h3-15,17H,16H2,1-2H3,(H,26,28). The Hall–Kier alpha value is -3.60. The molecule has 1 heterocycles. The summed E-state index contributed by atoms with van der Waals surface area (Å²) in [6, 6.07) is 21.9. The van der Waals surface area contributed by atoms with Crippen LogP contribution in [0.15, 0.2) is 79.1 Å². The molecule has 0 aliphatic rings. The number of rotatable bonds is 6. The van der Waals surface area contributed by atoms with Crippen LogP contribution in [-0.2, 0) is 11.3 Å². The van der Waals surface area contributed by atoms with E-state index < -0.39 is 6.10 Å². The highest BCUT2D eigenvalue weighted by Crippen LogP contribution is 2.21. The number of carbonyl (C=O) groups is 1. The maximum absolute atomic E-state index is 12.6. The number of nitrogens with zero attached hydrogens (tertiary/aromatic N) is 2. The van der Waals surface area contributed by atoms with Crippen LogP contribution in [-0.4, -0.2) is 21.6 Å². The fourth-order valence-corrected chi connectivity index (χ4v) is 3.35. The molecule has 0 bridgehead atoms. The van der Waals surface area contributed by atoms with Gasteiger partial charge in [0.2, 0.25) is 0 Å².